The third-order valence-electron chi connectivity index (χ3n) is 5.88. The fraction of sp³-hybridized carbons (Fsp3) is 0.391. The third kappa shape index (κ3) is 4.27. The Bertz CT molecular complexity index is 845. The monoisotopic (exact) mass is 393 g/mol. The molecular weight excluding hydrogens is 366 g/mol. The molecule has 2 aliphatic rings. The van der Waals surface area contributed by atoms with Gasteiger partial charge in [0, 0.05) is 38.4 Å². The van der Waals surface area contributed by atoms with E-state index in [9.17, 15) is 9.59 Å². The number of likely N-dealkylation sites (tertiary alicyclic amines) is 1. The van der Waals surface area contributed by atoms with Crippen molar-refractivity contribution in [2.75, 3.05) is 44.7 Å². The van der Waals surface area contributed by atoms with E-state index in [4.69, 9.17) is 4.74 Å². The lowest BCUT2D eigenvalue weighted by molar-refractivity contribution is -0.139. The molecule has 0 saturated carbocycles. The Morgan fingerprint density at radius 1 is 0.931 bits per heavy atom. The Morgan fingerprint density at radius 2 is 1.62 bits per heavy atom. The van der Waals surface area contributed by atoms with Crippen LogP contribution in [-0.4, -0.2) is 67.5 Å². The molecule has 6 heteroatoms. The van der Waals surface area contributed by atoms with Crippen LogP contribution < -0.4 is 9.64 Å². The number of hydrogen-bond acceptors (Lipinski definition) is 5. The van der Waals surface area contributed by atoms with Crippen LogP contribution in [0.4, 0.5) is 5.69 Å². The van der Waals surface area contributed by atoms with Gasteiger partial charge in [-0.3, -0.25) is 19.4 Å². The molecule has 1 atom stereocenters. The molecular formula is C23H27N3O3. The highest BCUT2D eigenvalue weighted by Gasteiger charge is 2.42. The molecule has 152 valence electrons. The fourth-order valence-corrected chi connectivity index (χ4v) is 4.16. The van der Waals surface area contributed by atoms with Crippen LogP contribution >= 0.6 is 0 Å². The van der Waals surface area contributed by atoms with Gasteiger partial charge in [-0.05, 0) is 36.2 Å². The molecule has 1 unspecified atom stereocenters. The number of carbonyl (C=O) groups is 2. The lowest BCUT2D eigenvalue weighted by Gasteiger charge is -2.38. The molecule has 2 saturated heterocycles. The number of piperazine rings is 1. The molecule has 0 spiro atoms. The second-order valence-corrected chi connectivity index (χ2v) is 7.56. The summed E-state index contributed by atoms with van der Waals surface area (Å²) in [6.45, 7) is 3.71. The first-order valence-electron chi connectivity index (χ1n) is 10.2. The molecule has 2 heterocycles. The minimum absolute atomic E-state index is 0.0381. The number of benzene rings is 2. The summed E-state index contributed by atoms with van der Waals surface area (Å²) < 4.78 is 5.22. The van der Waals surface area contributed by atoms with Gasteiger partial charge < -0.3 is 9.64 Å². The van der Waals surface area contributed by atoms with Crippen LogP contribution in [0.5, 0.6) is 5.75 Å². The van der Waals surface area contributed by atoms with Crippen molar-refractivity contribution in [3.05, 3.63) is 60.2 Å². The van der Waals surface area contributed by atoms with Gasteiger partial charge in [0.1, 0.15) is 5.75 Å². The number of nitrogens with zero attached hydrogens (tertiary/aromatic N) is 3. The lowest BCUT2D eigenvalue weighted by atomic mass is 10.1. The van der Waals surface area contributed by atoms with Crippen molar-refractivity contribution in [3.8, 4) is 5.75 Å². The van der Waals surface area contributed by atoms with E-state index >= 15 is 0 Å². The van der Waals surface area contributed by atoms with Crippen molar-refractivity contribution in [3.63, 3.8) is 0 Å². The summed E-state index contributed by atoms with van der Waals surface area (Å²) in [5.41, 5.74) is 2.30. The first-order valence-corrected chi connectivity index (χ1v) is 10.2. The molecule has 0 aromatic heterocycles. The van der Waals surface area contributed by atoms with Crippen LogP contribution in [-0.2, 0) is 16.0 Å². The Labute approximate surface area is 171 Å². The second kappa shape index (κ2) is 8.66. The SMILES string of the molecule is COc1ccc(N2CCN(C3CC(=O)N(CCc4ccccc4)C3=O)CC2)cc1. The number of hydrogen-bond donors (Lipinski definition) is 0. The van der Waals surface area contributed by atoms with Crippen molar-refractivity contribution in [1.29, 1.82) is 0 Å². The first kappa shape index (κ1) is 19.5. The molecule has 2 fully saturated rings. The number of amides is 2. The first-order chi connectivity index (χ1) is 14.2. The Kier molecular flexibility index (Phi) is 5.81. The second-order valence-electron chi connectivity index (χ2n) is 7.56. The van der Waals surface area contributed by atoms with Gasteiger partial charge in [-0.25, -0.2) is 0 Å². The van der Waals surface area contributed by atoms with Gasteiger partial charge in [0.05, 0.1) is 19.6 Å². The minimum Gasteiger partial charge on any atom is -0.497 e. The summed E-state index contributed by atoms with van der Waals surface area (Å²) >= 11 is 0. The molecule has 4 rings (SSSR count). The predicted molar refractivity (Wildman–Crippen MR) is 112 cm³/mol. The van der Waals surface area contributed by atoms with E-state index in [0.29, 0.717) is 19.4 Å². The molecule has 29 heavy (non-hydrogen) atoms. The van der Waals surface area contributed by atoms with Crippen molar-refractivity contribution in [2.45, 2.75) is 18.9 Å². The highest BCUT2D eigenvalue weighted by Crippen LogP contribution is 2.24. The van der Waals surface area contributed by atoms with Crippen molar-refractivity contribution in [2.24, 2.45) is 0 Å². The Hall–Kier alpha value is -2.86. The van der Waals surface area contributed by atoms with Gasteiger partial charge >= 0.3 is 0 Å². The van der Waals surface area contributed by atoms with Gasteiger partial charge in [-0.2, -0.15) is 0 Å². The van der Waals surface area contributed by atoms with Crippen LogP contribution in [0.1, 0.15) is 12.0 Å². The number of ether oxygens (including phenoxy) is 1. The Balaban J connectivity index is 1.32. The van der Waals surface area contributed by atoms with Crippen LogP contribution in [0, 0.1) is 0 Å². The van der Waals surface area contributed by atoms with E-state index in [0.717, 1.165) is 43.2 Å². The predicted octanol–water partition coefficient (Wildman–Crippen LogP) is 2.19. The fourth-order valence-electron chi connectivity index (χ4n) is 4.16. The number of imide groups is 1. The zero-order valence-electron chi connectivity index (χ0n) is 16.8. The molecule has 2 aliphatic heterocycles. The van der Waals surface area contributed by atoms with Gasteiger partial charge in [0.2, 0.25) is 11.8 Å². The summed E-state index contributed by atoms with van der Waals surface area (Å²) in [5.74, 6) is 0.760. The molecule has 0 N–H and O–H groups in total. The van der Waals surface area contributed by atoms with Gasteiger partial charge in [-0.15, -0.1) is 0 Å². The average Bonchev–Trinajstić information content (AvgIpc) is 3.06. The largest absolute Gasteiger partial charge is 0.497 e. The van der Waals surface area contributed by atoms with E-state index in [2.05, 4.69) is 21.9 Å². The highest BCUT2D eigenvalue weighted by atomic mass is 16.5. The topological polar surface area (TPSA) is 53.1 Å². The quantitative estimate of drug-likeness (QED) is 0.705. The maximum Gasteiger partial charge on any atom is 0.247 e. The lowest BCUT2D eigenvalue weighted by Crippen LogP contribution is -2.52. The van der Waals surface area contributed by atoms with Crippen molar-refractivity contribution >= 4 is 17.5 Å². The smallest absolute Gasteiger partial charge is 0.247 e. The molecule has 2 aromatic rings. The molecule has 6 nitrogen and oxygen atoms in total. The van der Waals surface area contributed by atoms with E-state index in [1.54, 1.807) is 7.11 Å². The number of anilines is 1. The average molecular weight is 393 g/mol. The van der Waals surface area contributed by atoms with Gasteiger partial charge in [0.15, 0.2) is 0 Å². The van der Waals surface area contributed by atoms with Gasteiger partial charge in [0.25, 0.3) is 0 Å². The van der Waals surface area contributed by atoms with E-state index < -0.39 is 0 Å². The maximum atomic E-state index is 12.9. The van der Waals surface area contributed by atoms with Crippen molar-refractivity contribution < 1.29 is 14.3 Å². The standard InChI is InChI=1S/C23H27N3O3/c1-29-20-9-7-19(8-10-20)24-13-15-25(16-14-24)21-17-22(27)26(23(21)28)12-11-18-5-3-2-4-6-18/h2-10,21H,11-17H2,1H3. The molecule has 0 radical (unpaired) electrons. The van der Waals surface area contributed by atoms with E-state index in [1.807, 2.05) is 42.5 Å². The zero-order valence-corrected chi connectivity index (χ0v) is 16.8. The number of methoxy groups -OCH3 is 1. The zero-order chi connectivity index (χ0) is 20.2. The molecule has 2 aromatic carbocycles. The Morgan fingerprint density at radius 3 is 2.28 bits per heavy atom. The molecule has 2 amide bonds. The minimum atomic E-state index is -0.309. The summed E-state index contributed by atoms with van der Waals surface area (Å²) in [6.07, 6.45) is 1.01. The van der Waals surface area contributed by atoms with E-state index in [1.165, 1.54) is 4.90 Å². The van der Waals surface area contributed by atoms with Crippen LogP contribution in [0.15, 0.2) is 54.6 Å². The highest BCUT2D eigenvalue weighted by molar-refractivity contribution is 6.05. The maximum absolute atomic E-state index is 12.9. The van der Waals surface area contributed by atoms with Crippen LogP contribution in [0.2, 0.25) is 0 Å². The summed E-state index contributed by atoms with van der Waals surface area (Å²) in [4.78, 5) is 31.3. The molecule has 0 bridgehead atoms. The van der Waals surface area contributed by atoms with Crippen molar-refractivity contribution in [1.82, 2.24) is 9.80 Å². The van der Waals surface area contributed by atoms with Crippen LogP contribution in [0.3, 0.4) is 0 Å². The van der Waals surface area contributed by atoms with Crippen LogP contribution in [0.25, 0.3) is 0 Å². The van der Waals surface area contributed by atoms with Gasteiger partial charge in [-0.1, -0.05) is 30.3 Å². The summed E-state index contributed by atoms with van der Waals surface area (Å²) in [6, 6.07) is 17.7. The molecule has 0 aliphatic carbocycles. The van der Waals surface area contributed by atoms with E-state index in [-0.39, 0.29) is 17.9 Å². The summed E-state index contributed by atoms with van der Waals surface area (Å²) in [5, 5.41) is 0. The normalized spacial score (nSPS) is 20.4. The third-order valence-corrected chi connectivity index (χ3v) is 5.88. The number of rotatable bonds is 6. The summed E-state index contributed by atoms with van der Waals surface area (Å²) in [7, 11) is 1.66. The number of carbonyl (C=O) groups excluding carboxylic acids is 2.